The van der Waals surface area contributed by atoms with Crippen LogP contribution in [0.5, 0.6) is 17.2 Å². The van der Waals surface area contributed by atoms with Crippen LogP contribution < -0.4 is 25.3 Å². The summed E-state index contributed by atoms with van der Waals surface area (Å²) in [6, 6.07) is 21.8. The Labute approximate surface area is 318 Å². The lowest BCUT2D eigenvalue weighted by atomic mass is 9.24. The van der Waals surface area contributed by atoms with Crippen molar-refractivity contribution in [3.05, 3.63) is 168 Å². The molecule has 9 atom stereocenters. The van der Waals surface area contributed by atoms with Gasteiger partial charge in [0.05, 0.1) is 6.04 Å². The molecule has 0 aromatic heterocycles. The summed E-state index contributed by atoms with van der Waals surface area (Å²) < 4.78 is 14.2. The molecule has 1 saturated heterocycles. The van der Waals surface area contributed by atoms with Crippen LogP contribution in [0.2, 0.25) is 5.82 Å². The van der Waals surface area contributed by atoms with E-state index in [4.69, 9.17) is 9.47 Å². The van der Waals surface area contributed by atoms with Crippen LogP contribution in [0.4, 0.5) is 5.69 Å². The predicted octanol–water partition coefficient (Wildman–Crippen LogP) is 9.62. The lowest BCUT2D eigenvalue weighted by molar-refractivity contribution is 0.229. The van der Waals surface area contributed by atoms with E-state index in [0.29, 0.717) is 35.8 Å². The van der Waals surface area contributed by atoms with Crippen molar-refractivity contribution in [2.45, 2.75) is 62.0 Å². The third-order valence-corrected chi connectivity index (χ3v) is 14.9. The Bertz CT molecular complexity index is 2490. The van der Waals surface area contributed by atoms with E-state index in [0.717, 1.165) is 42.1 Å². The molecule has 0 radical (unpaired) electrons. The van der Waals surface area contributed by atoms with E-state index >= 15 is 0 Å². The number of hydrogen-bond acceptors (Lipinski definition) is 3. The van der Waals surface area contributed by atoms with Crippen LogP contribution >= 0.6 is 0 Å². The van der Waals surface area contributed by atoms with Crippen molar-refractivity contribution in [3.63, 3.8) is 0 Å². The van der Waals surface area contributed by atoms with Crippen LogP contribution in [-0.2, 0) is 5.41 Å². The summed E-state index contributed by atoms with van der Waals surface area (Å²) in [5, 5.41) is 0. The van der Waals surface area contributed by atoms with E-state index in [1.54, 1.807) is 11.1 Å². The van der Waals surface area contributed by atoms with Gasteiger partial charge < -0.3 is 14.4 Å². The van der Waals surface area contributed by atoms with Gasteiger partial charge in [0.1, 0.15) is 23.4 Å². The summed E-state index contributed by atoms with van der Waals surface area (Å²) in [4.78, 5) is 2.73. The SMILES string of the molecule is C[C@@H]1C=CC2C3=CC=CCC3N(c3ccc(-c4cc5c6c(c4)OC4C=CC=C7C4B6c4c(cccc4C74C6=C(C=CCC6)C6C=CC=CC64)O5)cc3)C2C1. The minimum atomic E-state index is -0.198. The number of benzene rings is 3. The van der Waals surface area contributed by atoms with Gasteiger partial charge in [0.15, 0.2) is 0 Å². The van der Waals surface area contributed by atoms with Crippen molar-refractivity contribution in [2.24, 2.45) is 23.7 Å². The summed E-state index contributed by atoms with van der Waals surface area (Å²) in [6.45, 7) is 2.55. The first-order chi connectivity index (χ1) is 26.7. The van der Waals surface area contributed by atoms with Crippen LogP contribution in [-0.4, -0.2) is 24.9 Å². The molecule has 4 aliphatic heterocycles. The van der Waals surface area contributed by atoms with E-state index in [2.05, 4.69) is 151 Å². The van der Waals surface area contributed by atoms with Crippen LogP contribution in [0.1, 0.15) is 38.2 Å². The molecule has 10 aliphatic rings. The third kappa shape index (κ3) is 3.70. The highest BCUT2D eigenvalue weighted by molar-refractivity contribution is 6.90. The molecule has 4 heterocycles. The van der Waals surface area contributed by atoms with Crippen LogP contribution in [0.25, 0.3) is 11.1 Å². The van der Waals surface area contributed by atoms with Gasteiger partial charge in [0.2, 0.25) is 6.71 Å². The highest BCUT2D eigenvalue weighted by Crippen LogP contribution is 2.66. The van der Waals surface area contributed by atoms with Crippen LogP contribution in [0.3, 0.4) is 0 Å². The molecule has 13 rings (SSSR count). The average Bonchev–Trinajstić information content (AvgIpc) is 3.70. The summed E-state index contributed by atoms with van der Waals surface area (Å²) in [6.07, 6.45) is 37.8. The van der Waals surface area contributed by atoms with Crippen molar-refractivity contribution in [2.75, 3.05) is 4.90 Å². The zero-order chi connectivity index (χ0) is 35.3. The predicted molar refractivity (Wildman–Crippen MR) is 219 cm³/mol. The molecule has 3 aromatic carbocycles. The normalized spacial score (nSPS) is 34.5. The molecule has 1 fully saturated rings. The van der Waals surface area contributed by atoms with E-state index < -0.39 is 0 Å². The Balaban J connectivity index is 0.930. The summed E-state index contributed by atoms with van der Waals surface area (Å²) in [5.41, 5.74) is 13.8. The number of ether oxygens (including phenoxy) is 2. The van der Waals surface area contributed by atoms with E-state index in [9.17, 15) is 0 Å². The molecule has 3 aromatic rings. The van der Waals surface area contributed by atoms with Gasteiger partial charge in [-0.25, -0.2) is 0 Å². The molecule has 6 aliphatic carbocycles. The Morgan fingerprint density at radius 2 is 1.70 bits per heavy atom. The summed E-state index contributed by atoms with van der Waals surface area (Å²) >= 11 is 0. The number of fused-ring (bicyclic) bond motifs is 9. The maximum atomic E-state index is 7.17. The van der Waals surface area contributed by atoms with E-state index in [1.807, 2.05) is 0 Å². The largest absolute Gasteiger partial charge is 0.487 e. The zero-order valence-electron chi connectivity index (χ0n) is 30.6. The van der Waals surface area contributed by atoms with E-state index in [1.165, 1.54) is 45.3 Å². The second-order valence-electron chi connectivity index (χ2n) is 17.3. The first-order valence-electron chi connectivity index (χ1n) is 20.4. The molecule has 0 amide bonds. The van der Waals surface area contributed by atoms with Gasteiger partial charge in [-0.2, -0.15) is 0 Å². The van der Waals surface area contributed by atoms with Crippen molar-refractivity contribution in [1.82, 2.24) is 0 Å². The van der Waals surface area contributed by atoms with Gasteiger partial charge in [0, 0.05) is 46.2 Å². The fraction of sp³-hybridized carbons (Fsp3) is 0.280. The number of allylic oxidation sites excluding steroid dienone is 13. The third-order valence-electron chi connectivity index (χ3n) is 14.9. The second-order valence-corrected chi connectivity index (χ2v) is 17.3. The molecule has 54 heavy (non-hydrogen) atoms. The molecule has 0 N–H and O–H groups in total. The zero-order valence-corrected chi connectivity index (χ0v) is 30.6. The van der Waals surface area contributed by atoms with Gasteiger partial charge in [-0.05, 0) is 101 Å². The molecule has 0 saturated carbocycles. The van der Waals surface area contributed by atoms with Gasteiger partial charge in [-0.1, -0.05) is 121 Å². The lowest BCUT2D eigenvalue weighted by Gasteiger charge is -2.55. The first kappa shape index (κ1) is 30.1. The smallest absolute Gasteiger partial charge is 0.235 e. The highest BCUT2D eigenvalue weighted by atomic mass is 16.5. The van der Waals surface area contributed by atoms with Crippen LogP contribution in [0.15, 0.2) is 162 Å². The molecular weight excluding hydrogens is 657 g/mol. The van der Waals surface area contributed by atoms with Gasteiger partial charge in [-0.3, -0.25) is 0 Å². The molecular formula is C50H42BNO2. The quantitative estimate of drug-likeness (QED) is 0.197. The molecule has 0 bridgehead atoms. The Hall–Kier alpha value is -5.22. The van der Waals surface area contributed by atoms with E-state index in [-0.39, 0.29) is 24.0 Å². The number of nitrogens with zero attached hydrogens (tertiary/aromatic N) is 1. The lowest BCUT2D eigenvalue weighted by Crippen LogP contribution is -2.65. The molecule has 4 heteroatoms. The van der Waals surface area contributed by atoms with Crippen molar-refractivity contribution in [1.29, 1.82) is 0 Å². The standard InChI is InChI=1S/C50H42BNO2/c1-29-20-25-36-35-12-4-7-17-41(35)52(42(36)26-29)32-23-21-30(22-24-32)31-27-45-49-46(28-31)54-44-19-9-16-40-48(44)51(49)47-39(15-8-18-43(47)53-45)50(40)37-13-5-2-10-33(37)34-11-3-6-14-38(34)50/h2-5,7-13,15-16,18-25,27-29,33,36-37,41-43,47H,6,14,17,26H2,1H3/t29-,33?,36?,37?,41?,42?,43?,47?,50?/m1/s1. The van der Waals surface area contributed by atoms with Gasteiger partial charge >= 0.3 is 0 Å². The molecule has 262 valence electrons. The van der Waals surface area contributed by atoms with Gasteiger partial charge in [-0.15, -0.1) is 0 Å². The fourth-order valence-electron chi connectivity index (χ4n) is 13.0. The van der Waals surface area contributed by atoms with Crippen molar-refractivity contribution < 1.29 is 9.47 Å². The Kier molecular flexibility index (Phi) is 5.98. The maximum Gasteiger partial charge on any atom is 0.235 e. The molecule has 8 unspecified atom stereocenters. The van der Waals surface area contributed by atoms with Crippen molar-refractivity contribution >= 4 is 23.3 Å². The minimum Gasteiger partial charge on any atom is -0.487 e. The van der Waals surface area contributed by atoms with Crippen LogP contribution in [0, 0.1) is 23.7 Å². The summed E-state index contributed by atoms with van der Waals surface area (Å²) in [5.74, 6) is 5.00. The monoisotopic (exact) mass is 699 g/mol. The Morgan fingerprint density at radius 3 is 2.65 bits per heavy atom. The Morgan fingerprint density at radius 1 is 0.796 bits per heavy atom. The number of hydrogen-bond donors (Lipinski definition) is 0. The maximum absolute atomic E-state index is 7.17. The minimum absolute atomic E-state index is 0.0312. The highest BCUT2D eigenvalue weighted by Gasteiger charge is 2.64. The molecule has 1 spiro atoms. The van der Waals surface area contributed by atoms with Gasteiger partial charge in [0.25, 0.3) is 0 Å². The summed E-state index contributed by atoms with van der Waals surface area (Å²) in [7, 11) is 0. The topological polar surface area (TPSA) is 21.7 Å². The second kappa shape index (κ2) is 10.7. The van der Waals surface area contributed by atoms with Crippen molar-refractivity contribution in [3.8, 4) is 28.4 Å². The number of anilines is 1. The average molecular weight is 700 g/mol. The number of rotatable bonds is 2. The molecule has 3 nitrogen and oxygen atoms in total. The fourth-order valence-corrected chi connectivity index (χ4v) is 13.0. The first-order valence-corrected chi connectivity index (χ1v) is 20.4.